The number of nitrogens with zero attached hydrogens (tertiary/aromatic N) is 1. The van der Waals surface area contributed by atoms with Crippen LogP contribution in [0.1, 0.15) is 50.5 Å². The van der Waals surface area contributed by atoms with E-state index in [9.17, 15) is 5.11 Å². The zero-order valence-corrected chi connectivity index (χ0v) is 14.3. The van der Waals surface area contributed by atoms with E-state index in [2.05, 4.69) is 40.5 Å². The molecule has 1 aliphatic carbocycles. The maximum Gasteiger partial charge on any atom is 0.0771 e. The topological polar surface area (TPSA) is 35.5 Å². The Hall–Kier alpha value is -0.900. The van der Waals surface area contributed by atoms with Gasteiger partial charge in [-0.2, -0.15) is 0 Å². The Morgan fingerprint density at radius 3 is 2.43 bits per heavy atom. The maximum atomic E-state index is 10.6. The van der Waals surface area contributed by atoms with Crippen LogP contribution in [-0.4, -0.2) is 47.8 Å². The molecule has 1 aliphatic heterocycles. The summed E-state index contributed by atoms with van der Waals surface area (Å²) in [5, 5.41) is 14.2. The first-order chi connectivity index (χ1) is 11.2. The van der Waals surface area contributed by atoms with Crippen molar-refractivity contribution in [2.24, 2.45) is 0 Å². The summed E-state index contributed by atoms with van der Waals surface area (Å²) in [6, 6.07) is 11.4. The Kier molecular flexibility index (Phi) is 6.09. The molecule has 0 spiro atoms. The van der Waals surface area contributed by atoms with Gasteiger partial charge >= 0.3 is 0 Å². The molecule has 128 valence electrons. The van der Waals surface area contributed by atoms with Crippen molar-refractivity contribution in [3.05, 3.63) is 35.9 Å². The van der Waals surface area contributed by atoms with Gasteiger partial charge in [-0.25, -0.2) is 0 Å². The van der Waals surface area contributed by atoms with E-state index in [0.29, 0.717) is 6.04 Å². The molecule has 2 aliphatic rings. The second kappa shape index (κ2) is 8.27. The van der Waals surface area contributed by atoms with Gasteiger partial charge in [0, 0.05) is 19.1 Å². The van der Waals surface area contributed by atoms with Crippen molar-refractivity contribution in [1.82, 2.24) is 10.2 Å². The van der Waals surface area contributed by atoms with Crippen LogP contribution in [0.5, 0.6) is 0 Å². The van der Waals surface area contributed by atoms with Crippen LogP contribution in [-0.2, 0) is 6.42 Å². The minimum Gasteiger partial charge on any atom is -0.389 e. The van der Waals surface area contributed by atoms with Crippen LogP contribution < -0.4 is 5.32 Å². The van der Waals surface area contributed by atoms with Crippen LogP contribution in [0.15, 0.2) is 30.3 Å². The summed E-state index contributed by atoms with van der Waals surface area (Å²) < 4.78 is 0. The Balaban J connectivity index is 1.34. The molecule has 1 saturated heterocycles. The fraction of sp³-hybridized carbons (Fsp3) is 0.700. The number of aliphatic hydroxyl groups is 1. The zero-order valence-electron chi connectivity index (χ0n) is 14.3. The average molecular weight is 316 g/mol. The van der Waals surface area contributed by atoms with Crippen molar-refractivity contribution in [2.75, 3.05) is 26.2 Å². The Morgan fingerprint density at radius 2 is 1.74 bits per heavy atom. The van der Waals surface area contributed by atoms with E-state index in [1.807, 2.05) is 0 Å². The van der Waals surface area contributed by atoms with Gasteiger partial charge in [-0.15, -0.1) is 0 Å². The molecule has 3 nitrogen and oxygen atoms in total. The van der Waals surface area contributed by atoms with Crippen LogP contribution in [0.3, 0.4) is 0 Å². The second-order valence-corrected chi connectivity index (χ2v) is 7.52. The number of piperidine rings is 1. The quantitative estimate of drug-likeness (QED) is 0.847. The summed E-state index contributed by atoms with van der Waals surface area (Å²) in [7, 11) is 0. The molecule has 0 radical (unpaired) electrons. The van der Waals surface area contributed by atoms with Crippen molar-refractivity contribution >= 4 is 0 Å². The predicted molar refractivity (Wildman–Crippen MR) is 95.6 cm³/mol. The molecule has 2 fully saturated rings. The third-order valence-corrected chi connectivity index (χ3v) is 5.65. The number of likely N-dealkylation sites (tertiary alicyclic amines) is 1. The van der Waals surface area contributed by atoms with Crippen LogP contribution in [0.25, 0.3) is 0 Å². The Morgan fingerprint density at radius 1 is 1.04 bits per heavy atom. The normalized spacial score (nSPS) is 23.0. The smallest absolute Gasteiger partial charge is 0.0771 e. The summed E-state index contributed by atoms with van der Waals surface area (Å²) in [5.41, 5.74) is 1.01. The van der Waals surface area contributed by atoms with Crippen molar-refractivity contribution in [3.8, 4) is 0 Å². The molecule has 0 bridgehead atoms. The first-order valence-electron chi connectivity index (χ1n) is 9.46. The van der Waals surface area contributed by atoms with Gasteiger partial charge in [0.15, 0.2) is 0 Å². The van der Waals surface area contributed by atoms with Gasteiger partial charge in [-0.3, -0.25) is 0 Å². The van der Waals surface area contributed by atoms with Gasteiger partial charge in [0.05, 0.1) is 5.60 Å². The molecule has 0 atom stereocenters. The molecule has 0 unspecified atom stereocenters. The third kappa shape index (κ3) is 5.30. The summed E-state index contributed by atoms with van der Waals surface area (Å²) in [4.78, 5) is 2.58. The minimum atomic E-state index is -0.428. The molecule has 0 aromatic heterocycles. The summed E-state index contributed by atoms with van der Waals surface area (Å²) >= 11 is 0. The maximum absolute atomic E-state index is 10.6. The lowest BCUT2D eigenvalue weighted by Gasteiger charge is -2.37. The number of hydrogen-bond acceptors (Lipinski definition) is 3. The van der Waals surface area contributed by atoms with E-state index in [0.717, 1.165) is 25.8 Å². The van der Waals surface area contributed by atoms with Gasteiger partial charge < -0.3 is 15.3 Å². The van der Waals surface area contributed by atoms with Crippen molar-refractivity contribution in [3.63, 3.8) is 0 Å². The first-order valence-corrected chi connectivity index (χ1v) is 9.46. The van der Waals surface area contributed by atoms with Crippen molar-refractivity contribution in [2.45, 2.75) is 63.0 Å². The standard InChI is InChI=1S/C20H32N2O/c23-20(12-5-2-6-13-20)17-21-19-10-15-22(16-11-19)14-9-18-7-3-1-4-8-18/h1,3-4,7-8,19,21,23H,2,5-6,9-17H2. The second-order valence-electron chi connectivity index (χ2n) is 7.52. The molecule has 2 N–H and O–H groups in total. The third-order valence-electron chi connectivity index (χ3n) is 5.65. The molecule has 1 heterocycles. The first kappa shape index (κ1) is 16.9. The van der Waals surface area contributed by atoms with Crippen LogP contribution in [0.4, 0.5) is 0 Å². The van der Waals surface area contributed by atoms with Gasteiger partial charge in [0.1, 0.15) is 0 Å². The SMILES string of the molecule is OC1(CNC2CCN(CCc3ccccc3)CC2)CCCCC1. The number of hydrogen-bond donors (Lipinski definition) is 2. The highest BCUT2D eigenvalue weighted by atomic mass is 16.3. The molecule has 1 saturated carbocycles. The summed E-state index contributed by atoms with van der Waals surface area (Å²) in [6.45, 7) is 4.33. The molecule has 1 aromatic carbocycles. The number of rotatable bonds is 6. The molecule has 23 heavy (non-hydrogen) atoms. The predicted octanol–water partition coefficient (Wildman–Crippen LogP) is 2.98. The van der Waals surface area contributed by atoms with Crippen LogP contribution in [0.2, 0.25) is 0 Å². The van der Waals surface area contributed by atoms with Crippen LogP contribution >= 0.6 is 0 Å². The van der Waals surface area contributed by atoms with Gasteiger partial charge in [0.2, 0.25) is 0 Å². The number of nitrogens with one attached hydrogen (secondary N) is 1. The van der Waals surface area contributed by atoms with E-state index in [1.54, 1.807) is 0 Å². The van der Waals surface area contributed by atoms with Gasteiger partial charge in [0.25, 0.3) is 0 Å². The lowest BCUT2D eigenvalue weighted by molar-refractivity contribution is 0.000766. The lowest BCUT2D eigenvalue weighted by atomic mass is 9.84. The Labute approximate surface area is 141 Å². The highest BCUT2D eigenvalue weighted by molar-refractivity contribution is 5.14. The summed E-state index contributed by atoms with van der Waals surface area (Å²) in [6.07, 6.45) is 9.22. The highest BCUT2D eigenvalue weighted by Gasteiger charge is 2.30. The fourth-order valence-corrected chi connectivity index (χ4v) is 4.01. The lowest BCUT2D eigenvalue weighted by Crippen LogP contribution is -2.49. The average Bonchev–Trinajstić information content (AvgIpc) is 2.61. The van der Waals surface area contributed by atoms with Gasteiger partial charge in [-0.1, -0.05) is 49.6 Å². The molecular formula is C20H32N2O. The fourth-order valence-electron chi connectivity index (χ4n) is 4.01. The van der Waals surface area contributed by atoms with E-state index < -0.39 is 5.60 Å². The van der Waals surface area contributed by atoms with Crippen molar-refractivity contribution < 1.29 is 5.11 Å². The van der Waals surface area contributed by atoms with E-state index in [4.69, 9.17) is 0 Å². The minimum absolute atomic E-state index is 0.428. The largest absolute Gasteiger partial charge is 0.389 e. The molecular weight excluding hydrogens is 284 g/mol. The molecule has 1 aromatic rings. The molecule has 3 rings (SSSR count). The monoisotopic (exact) mass is 316 g/mol. The molecule has 3 heteroatoms. The number of benzene rings is 1. The molecule has 0 amide bonds. The van der Waals surface area contributed by atoms with Gasteiger partial charge in [-0.05, 0) is 50.8 Å². The summed E-state index contributed by atoms with van der Waals surface area (Å²) in [5.74, 6) is 0. The Bertz CT molecular complexity index is 448. The zero-order chi connectivity index (χ0) is 16.0. The van der Waals surface area contributed by atoms with E-state index >= 15 is 0 Å². The van der Waals surface area contributed by atoms with Crippen LogP contribution in [0, 0.1) is 0 Å². The van der Waals surface area contributed by atoms with E-state index in [-0.39, 0.29) is 0 Å². The van der Waals surface area contributed by atoms with Crippen molar-refractivity contribution in [1.29, 1.82) is 0 Å². The van der Waals surface area contributed by atoms with E-state index in [1.165, 1.54) is 57.3 Å². The highest BCUT2D eigenvalue weighted by Crippen LogP contribution is 2.27.